The Morgan fingerprint density at radius 1 is 1.21 bits per heavy atom. The summed E-state index contributed by atoms with van der Waals surface area (Å²) in [6.07, 6.45) is 0. The van der Waals surface area contributed by atoms with Crippen molar-refractivity contribution in [2.75, 3.05) is 0 Å². The van der Waals surface area contributed by atoms with Gasteiger partial charge >= 0.3 is 35.6 Å². The van der Waals surface area contributed by atoms with Crippen LogP contribution in [0.15, 0.2) is 30.3 Å². The van der Waals surface area contributed by atoms with Gasteiger partial charge in [0.2, 0.25) is 0 Å². The molecule has 0 saturated carbocycles. The molecule has 0 fully saturated rings. The van der Waals surface area contributed by atoms with Crippen LogP contribution >= 0.6 is 18.6 Å². The average molecular weight is 262 g/mol. The summed E-state index contributed by atoms with van der Waals surface area (Å²) in [7, 11) is 9.78. The first-order valence-electron chi connectivity index (χ1n) is 4.28. The van der Waals surface area contributed by atoms with Crippen molar-refractivity contribution in [1.82, 2.24) is 0 Å². The monoisotopic (exact) mass is 261 g/mol. The maximum absolute atomic E-state index is 4.89. The molecule has 2 aromatic carbocycles. The van der Waals surface area contributed by atoms with Crippen LogP contribution in [0.5, 0.6) is 0 Å². The molecule has 0 saturated heterocycles. The zero-order valence-electron chi connectivity index (χ0n) is 8.14. The van der Waals surface area contributed by atoms with Gasteiger partial charge in [-0.3, -0.25) is 0 Å². The topological polar surface area (TPSA) is 0 Å². The van der Waals surface area contributed by atoms with Crippen LogP contribution in [0, 0.1) is 13.8 Å². The van der Waals surface area contributed by atoms with Crippen molar-refractivity contribution in [2.45, 2.75) is 13.8 Å². The first-order chi connectivity index (χ1) is 6.69. The summed E-state index contributed by atoms with van der Waals surface area (Å²) in [5, 5.41) is 2.76. The second kappa shape index (κ2) is 5.87. The second-order valence-electron chi connectivity index (χ2n) is 3.18. The number of aryl methyl sites for hydroxylation is 2. The normalized spacial score (nSPS) is 9.43. The molecule has 0 spiro atoms. The minimum absolute atomic E-state index is 0.556. The van der Waals surface area contributed by atoms with Crippen molar-refractivity contribution in [3.05, 3.63) is 41.5 Å². The molecule has 2 rings (SSSR count). The van der Waals surface area contributed by atoms with Crippen LogP contribution in [0.1, 0.15) is 11.1 Å². The van der Waals surface area contributed by atoms with Gasteiger partial charge in [0.25, 0.3) is 0 Å². The van der Waals surface area contributed by atoms with Crippen molar-refractivity contribution in [2.24, 2.45) is 0 Å². The summed E-state index contributed by atoms with van der Waals surface area (Å²) in [4.78, 5) is 0. The third-order valence-corrected chi connectivity index (χ3v) is 2.11. The van der Waals surface area contributed by atoms with Crippen molar-refractivity contribution in [3.8, 4) is 0 Å². The molecule has 3 heteroatoms. The number of halogens is 2. The molecule has 0 amide bonds. The fraction of sp³-hybridized carbons (Fsp3) is 0.182. The van der Waals surface area contributed by atoms with Gasteiger partial charge in [-0.2, -0.15) is 6.07 Å². The Hall–Kier alpha value is 0.124. The van der Waals surface area contributed by atoms with E-state index in [1.807, 2.05) is 0 Å². The molecule has 0 aliphatic carbocycles. The van der Waals surface area contributed by atoms with E-state index >= 15 is 0 Å². The number of hydrogen-bond acceptors (Lipinski definition) is 0. The molecule has 0 aliphatic heterocycles. The average Bonchev–Trinajstić information content (AvgIpc) is 2.48. The van der Waals surface area contributed by atoms with E-state index in [1.165, 1.54) is 21.9 Å². The van der Waals surface area contributed by atoms with Crippen molar-refractivity contribution in [1.29, 1.82) is 0 Å². The molecule has 0 heterocycles. The van der Waals surface area contributed by atoms with Gasteiger partial charge in [0, 0.05) is 0 Å². The van der Waals surface area contributed by atoms with E-state index in [1.54, 1.807) is 0 Å². The van der Waals surface area contributed by atoms with E-state index in [0.717, 1.165) is 0 Å². The van der Waals surface area contributed by atoms with Gasteiger partial charge in [-0.1, -0.05) is 18.6 Å². The van der Waals surface area contributed by atoms with E-state index in [2.05, 4.69) is 44.2 Å². The fourth-order valence-corrected chi connectivity index (χ4v) is 1.54. The van der Waals surface area contributed by atoms with Crippen molar-refractivity contribution >= 4 is 29.4 Å². The number of hydrogen-bond donors (Lipinski definition) is 0. The summed E-state index contributed by atoms with van der Waals surface area (Å²) in [5.41, 5.74) is 2.73. The van der Waals surface area contributed by atoms with Gasteiger partial charge in [-0.05, 0) is 6.92 Å². The number of benzene rings is 1. The van der Waals surface area contributed by atoms with Gasteiger partial charge < -0.3 is 0 Å². The summed E-state index contributed by atoms with van der Waals surface area (Å²) in [6, 6.07) is 10.9. The van der Waals surface area contributed by atoms with Crippen LogP contribution in [0.3, 0.4) is 0 Å². The Labute approximate surface area is 101 Å². The van der Waals surface area contributed by atoms with E-state index < -0.39 is 17.0 Å². The summed E-state index contributed by atoms with van der Waals surface area (Å²) in [6.45, 7) is 4.29. The van der Waals surface area contributed by atoms with Crippen LogP contribution in [-0.4, -0.2) is 0 Å². The molecule has 0 aromatic heterocycles. The maximum atomic E-state index is 4.89. The summed E-state index contributed by atoms with van der Waals surface area (Å²) < 4.78 is 0. The predicted octanol–water partition coefficient (Wildman–Crippen LogP) is 4.55. The number of fused-ring (bicyclic) bond motifs is 1. The molecule has 0 nitrogen and oxygen atoms in total. The van der Waals surface area contributed by atoms with Gasteiger partial charge in [0.15, 0.2) is 0 Å². The molecule has 0 N–H and O–H groups in total. The minimum atomic E-state index is -0.556. The number of rotatable bonds is 0. The summed E-state index contributed by atoms with van der Waals surface area (Å²) in [5.74, 6) is 0. The van der Waals surface area contributed by atoms with Gasteiger partial charge in [0.1, 0.15) is 0 Å². The molecule has 0 atom stereocenters. The second-order valence-corrected chi connectivity index (χ2v) is 5.76. The van der Waals surface area contributed by atoms with Gasteiger partial charge in [0.05, 0.1) is 0 Å². The van der Waals surface area contributed by atoms with Crippen LogP contribution < -0.4 is 0 Å². The molecule has 2 aromatic rings. The first-order valence-corrected chi connectivity index (χ1v) is 8.57. The molecule has 0 unspecified atom stereocenters. The first kappa shape index (κ1) is 12.2. The Morgan fingerprint density at radius 3 is 2.43 bits per heavy atom. The van der Waals surface area contributed by atoms with E-state index in [-0.39, 0.29) is 0 Å². The Bertz CT molecular complexity index is 407. The van der Waals surface area contributed by atoms with Crippen LogP contribution in [0.25, 0.3) is 10.8 Å². The van der Waals surface area contributed by atoms with Crippen molar-refractivity contribution in [3.63, 3.8) is 0 Å². The van der Waals surface area contributed by atoms with Crippen molar-refractivity contribution < 1.29 is 17.0 Å². The third kappa shape index (κ3) is 3.07. The Morgan fingerprint density at radius 2 is 1.86 bits per heavy atom. The zero-order valence-corrected chi connectivity index (χ0v) is 11.2. The Kier molecular flexibility index (Phi) is 5.12. The summed E-state index contributed by atoms with van der Waals surface area (Å²) >= 11 is -0.556. The van der Waals surface area contributed by atoms with Crippen LogP contribution in [-0.2, 0) is 17.0 Å². The molecular formula is C11H11Cl2Ti-. The molecule has 0 aliphatic rings. The van der Waals surface area contributed by atoms with Crippen LogP contribution in [0.2, 0.25) is 0 Å². The van der Waals surface area contributed by atoms with E-state index in [0.29, 0.717) is 0 Å². The SMILES string of the molecule is Cc1cc2c(C)cccc2[cH-]1.[Cl][Ti][Cl]. The fourth-order valence-electron chi connectivity index (χ4n) is 1.54. The Balaban J connectivity index is 0.000000293. The van der Waals surface area contributed by atoms with Gasteiger partial charge in [-0.25, -0.2) is 0 Å². The standard InChI is InChI=1S/C11H11.2ClH.Ti/c1-8-6-10-5-3-4-9(2)11(10)7-8;;;/h3-7H,1-2H3;2*1H;/q-1;;;+2/p-2. The van der Waals surface area contributed by atoms with E-state index in [4.69, 9.17) is 18.6 Å². The molecule has 74 valence electrons. The zero-order chi connectivity index (χ0) is 10.6. The van der Waals surface area contributed by atoms with Gasteiger partial charge in [-0.15, -0.1) is 34.5 Å². The molecule has 0 radical (unpaired) electrons. The molecule has 14 heavy (non-hydrogen) atoms. The quantitative estimate of drug-likeness (QED) is 0.482. The third-order valence-electron chi connectivity index (χ3n) is 2.11. The molecule has 0 bridgehead atoms. The van der Waals surface area contributed by atoms with E-state index in [9.17, 15) is 0 Å². The van der Waals surface area contributed by atoms with Crippen LogP contribution in [0.4, 0.5) is 0 Å². The molecular weight excluding hydrogens is 251 g/mol. The predicted molar refractivity (Wildman–Crippen MR) is 60.7 cm³/mol.